The van der Waals surface area contributed by atoms with Gasteiger partial charge in [-0.25, -0.2) is 4.79 Å². The summed E-state index contributed by atoms with van der Waals surface area (Å²) in [5.74, 6) is 2.61. The van der Waals surface area contributed by atoms with Crippen LogP contribution in [0.25, 0.3) is 0 Å². The smallest absolute Gasteiger partial charge is 0.314 e. The molecule has 0 bridgehead atoms. The molecule has 162 valence electrons. The number of nitrogens with zero attached hydrogens (tertiary/aromatic N) is 2. The Kier molecular flexibility index (Phi) is 8.77. The van der Waals surface area contributed by atoms with Crippen molar-refractivity contribution in [3.8, 4) is 0 Å². The molecular weight excluding hydrogens is 422 g/mol. The van der Waals surface area contributed by atoms with Crippen LogP contribution in [0.4, 0.5) is 4.79 Å². The number of urea groups is 1. The summed E-state index contributed by atoms with van der Waals surface area (Å²) in [6, 6.07) is 11.6. The standard InChI is InChI=1S/C21H28ClN5O2S/c22-16-3-5-19(6-4-16)30-15-11-25-21(24-10-7-18-2-1-14-29-18)26-17-8-12-27(13-9-17)20(23)28/h1-6,14,17H,7-13,15H2,(H2,23,28)(H2,24,25,26). The van der Waals surface area contributed by atoms with Gasteiger partial charge >= 0.3 is 6.03 Å². The summed E-state index contributed by atoms with van der Waals surface area (Å²) in [6.45, 7) is 2.74. The highest BCUT2D eigenvalue weighted by atomic mass is 35.5. The van der Waals surface area contributed by atoms with Crippen molar-refractivity contribution in [3.63, 3.8) is 0 Å². The quantitative estimate of drug-likeness (QED) is 0.248. The molecule has 1 aliphatic rings. The van der Waals surface area contributed by atoms with Crippen LogP contribution >= 0.6 is 23.4 Å². The molecule has 1 aliphatic heterocycles. The Balaban J connectivity index is 1.48. The summed E-state index contributed by atoms with van der Waals surface area (Å²) in [6.07, 6.45) is 4.12. The molecule has 30 heavy (non-hydrogen) atoms. The summed E-state index contributed by atoms with van der Waals surface area (Å²) >= 11 is 7.70. The van der Waals surface area contributed by atoms with Crippen LogP contribution in [-0.4, -0.2) is 54.9 Å². The molecule has 1 aromatic carbocycles. The second-order valence-electron chi connectivity index (χ2n) is 7.03. The fourth-order valence-electron chi connectivity index (χ4n) is 3.19. The molecule has 2 amide bonds. The van der Waals surface area contributed by atoms with Gasteiger partial charge in [0.2, 0.25) is 0 Å². The molecule has 4 N–H and O–H groups in total. The van der Waals surface area contributed by atoms with E-state index in [0.29, 0.717) is 19.6 Å². The Morgan fingerprint density at radius 1 is 1.27 bits per heavy atom. The number of nitrogens with two attached hydrogens (primary N) is 1. The minimum atomic E-state index is -0.349. The number of aliphatic imine (C=N–C) groups is 1. The van der Waals surface area contributed by atoms with Crippen LogP contribution in [0.2, 0.25) is 5.02 Å². The van der Waals surface area contributed by atoms with Crippen molar-refractivity contribution >= 4 is 35.4 Å². The third kappa shape index (κ3) is 7.50. The van der Waals surface area contributed by atoms with Crippen molar-refractivity contribution in [1.82, 2.24) is 15.5 Å². The minimum Gasteiger partial charge on any atom is -0.469 e. The lowest BCUT2D eigenvalue weighted by atomic mass is 10.1. The van der Waals surface area contributed by atoms with E-state index in [9.17, 15) is 4.79 Å². The molecule has 1 saturated heterocycles. The zero-order valence-electron chi connectivity index (χ0n) is 16.9. The molecule has 0 spiro atoms. The highest BCUT2D eigenvalue weighted by molar-refractivity contribution is 7.99. The van der Waals surface area contributed by atoms with Gasteiger partial charge in [-0.2, -0.15) is 0 Å². The summed E-state index contributed by atoms with van der Waals surface area (Å²) in [4.78, 5) is 18.9. The number of guanidine groups is 1. The maximum absolute atomic E-state index is 11.3. The second kappa shape index (κ2) is 11.8. The van der Waals surface area contributed by atoms with Gasteiger partial charge in [0.25, 0.3) is 0 Å². The molecule has 0 unspecified atom stereocenters. The monoisotopic (exact) mass is 449 g/mol. The molecular formula is C21H28ClN5O2S. The van der Waals surface area contributed by atoms with Gasteiger partial charge in [-0.1, -0.05) is 11.6 Å². The van der Waals surface area contributed by atoms with E-state index < -0.39 is 0 Å². The Morgan fingerprint density at radius 2 is 2.03 bits per heavy atom. The third-order valence-electron chi connectivity index (χ3n) is 4.83. The summed E-state index contributed by atoms with van der Waals surface area (Å²) < 4.78 is 5.38. The SMILES string of the molecule is NC(=O)N1CCC(NC(=NCCc2ccco2)NCCSc2ccc(Cl)cc2)CC1. The number of primary amides is 1. The number of carbonyl (C=O) groups is 1. The number of furan rings is 1. The average Bonchev–Trinajstić information content (AvgIpc) is 3.26. The summed E-state index contributed by atoms with van der Waals surface area (Å²) in [7, 11) is 0. The molecule has 2 heterocycles. The van der Waals surface area contributed by atoms with Gasteiger partial charge in [0.05, 0.1) is 6.26 Å². The number of thioether (sulfide) groups is 1. The molecule has 0 radical (unpaired) electrons. The maximum Gasteiger partial charge on any atom is 0.314 e. The number of halogens is 1. The van der Waals surface area contributed by atoms with Crippen molar-refractivity contribution in [3.05, 3.63) is 53.4 Å². The number of benzene rings is 1. The van der Waals surface area contributed by atoms with Crippen LogP contribution in [-0.2, 0) is 6.42 Å². The fraction of sp³-hybridized carbons (Fsp3) is 0.429. The first kappa shape index (κ1) is 22.4. The van der Waals surface area contributed by atoms with Crippen molar-refractivity contribution in [2.24, 2.45) is 10.7 Å². The zero-order valence-corrected chi connectivity index (χ0v) is 18.4. The third-order valence-corrected chi connectivity index (χ3v) is 6.10. The van der Waals surface area contributed by atoms with E-state index in [-0.39, 0.29) is 12.1 Å². The predicted molar refractivity (Wildman–Crippen MR) is 122 cm³/mol. The largest absolute Gasteiger partial charge is 0.469 e. The van der Waals surface area contributed by atoms with E-state index in [0.717, 1.165) is 48.3 Å². The van der Waals surface area contributed by atoms with Crippen LogP contribution in [0, 0.1) is 0 Å². The van der Waals surface area contributed by atoms with E-state index >= 15 is 0 Å². The molecule has 2 aromatic rings. The van der Waals surface area contributed by atoms with E-state index in [1.165, 1.54) is 4.90 Å². The summed E-state index contributed by atoms with van der Waals surface area (Å²) in [5.41, 5.74) is 5.38. The number of hydrogen-bond acceptors (Lipinski definition) is 4. The molecule has 1 aromatic heterocycles. The summed E-state index contributed by atoms with van der Waals surface area (Å²) in [5, 5.41) is 7.67. The molecule has 9 heteroatoms. The number of piperidine rings is 1. The van der Waals surface area contributed by atoms with Crippen molar-refractivity contribution < 1.29 is 9.21 Å². The molecule has 0 atom stereocenters. The Labute approximate surface area is 186 Å². The van der Waals surface area contributed by atoms with Gasteiger partial charge in [-0.3, -0.25) is 4.99 Å². The number of hydrogen-bond donors (Lipinski definition) is 3. The van der Waals surface area contributed by atoms with Crippen molar-refractivity contribution in [1.29, 1.82) is 0 Å². The van der Waals surface area contributed by atoms with Crippen LogP contribution in [0.15, 0.2) is 57.0 Å². The van der Waals surface area contributed by atoms with Crippen molar-refractivity contribution in [2.75, 3.05) is 31.9 Å². The predicted octanol–water partition coefficient (Wildman–Crippen LogP) is 3.35. The van der Waals surface area contributed by atoms with Gasteiger partial charge in [0, 0.05) is 54.3 Å². The Hall–Kier alpha value is -2.32. The van der Waals surface area contributed by atoms with E-state index in [4.69, 9.17) is 26.7 Å². The number of rotatable bonds is 8. The van der Waals surface area contributed by atoms with Crippen molar-refractivity contribution in [2.45, 2.75) is 30.2 Å². The normalized spacial score (nSPS) is 15.2. The number of carbonyl (C=O) groups excluding carboxylic acids is 1. The van der Waals surface area contributed by atoms with Gasteiger partial charge < -0.3 is 25.7 Å². The fourth-order valence-corrected chi connectivity index (χ4v) is 4.09. The molecule has 0 saturated carbocycles. The molecule has 7 nitrogen and oxygen atoms in total. The van der Waals surface area contributed by atoms with Crippen LogP contribution in [0.5, 0.6) is 0 Å². The average molecular weight is 450 g/mol. The molecule has 1 fully saturated rings. The maximum atomic E-state index is 11.3. The van der Waals surface area contributed by atoms with Gasteiger partial charge in [0.1, 0.15) is 5.76 Å². The van der Waals surface area contributed by atoms with E-state index in [2.05, 4.69) is 10.6 Å². The lowest BCUT2D eigenvalue weighted by Crippen LogP contribution is -2.51. The highest BCUT2D eigenvalue weighted by Crippen LogP contribution is 2.19. The van der Waals surface area contributed by atoms with E-state index in [1.807, 2.05) is 36.4 Å². The zero-order chi connectivity index (χ0) is 21.2. The molecule has 3 rings (SSSR count). The Morgan fingerprint density at radius 3 is 2.70 bits per heavy atom. The second-order valence-corrected chi connectivity index (χ2v) is 8.64. The first-order valence-electron chi connectivity index (χ1n) is 10.1. The van der Waals surface area contributed by atoms with Gasteiger partial charge in [-0.05, 0) is 49.2 Å². The lowest BCUT2D eigenvalue weighted by Gasteiger charge is -2.32. The lowest BCUT2D eigenvalue weighted by molar-refractivity contribution is 0.188. The van der Waals surface area contributed by atoms with E-state index in [1.54, 1.807) is 22.9 Å². The number of amides is 2. The number of nitrogens with one attached hydrogen (secondary N) is 2. The first-order chi connectivity index (χ1) is 14.6. The van der Waals surface area contributed by atoms with Gasteiger partial charge in [0.15, 0.2) is 5.96 Å². The van der Waals surface area contributed by atoms with Crippen LogP contribution in [0.1, 0.15) is 18.6 Å². The first-order valence-corrected chi connectivity index (χ1v) is 11.5. The van der Waals surface area contributed by atoms with Crippen LogP contribution < -0.4 is 16.4 Å². The highest BCUT2D eigenvalue weighted by Gasteiger charge is 2.21. The molecule has 0 aliphatic carbocycles. The van der Waals surface area contributed by atoms with Crippen LogP contribution in [0.3, 0.4) is 0 Å². The minimum absolute atomic E-state index is 0.263. The number of likely N-dealkylation sites (tertiary alicyclic amines) is 1. The van der Waals surface area contributed by atoms with Gasteiger partial charge in [-0.15, -0.1) is 11.8 Å². The Bertz CT molecular complexity index is 805. The topological polar surface area (TPSA) is 95.9 Å².